The summed E-state index contributed by atoms with van der Waals surface area (Å²) in [6, 6.07) is 6.66. The van der Waals surface area contributed by atoms with Crippen LogP contribution in [0, 0.1) is 11.8 Å². The topological polar surface area (TPSA) is 3.24 Å². The van der Waals surface area contributed by atoms with E-state index in [4.69, 9.17) is 0 Å². The van der Waals surface area contributed by atoms with Gasteiger partial charge in [0.05, 0.1) is 0 Å². The highest BCUT2D eigenvalue weighted by molar-refractivity contribution is 9.10. The molecule has 2 atom stereocenters. The van der Waals surface area contributed by atoms with Crippen molar-refractivity contribution in [1.29, 1.82) is 0 Å². The summed E-state index contributed by atoms with van der Waals surface area (Å²) in [7, 11) is 0. The molecule has 16 heavy (non-hydrogen) atoms. The fourth-order valence-corrected chi connectivity index (χ4v) is 3.55. The molecule has 2 unspecified atom stereocenters. The molecule has 0 aromatic heterocycles. The zero-order valence-corrected chi connectivity index (χ0v) is 12.9. The van der Waals surface area contributed by atoms with Crippen LogP contribution in [0.15, 0.2) is 22.7 Å². The third-order valence-electron chi connectivity index (χ3n) is 3.53. The van der Waals surface area contributed by atoms with Gasteiger partial charge >= 0.3 is 0 Å². The lowest BCUT2D eigenvalue weighted by Crippen LogP contribution is -2.19. The second-order valence-electron chi connectivity index (χ2n) is 4.77. The van der Waals surface area contributed by atoms with E-state index >= 15 is 0 Å². The maximum atomic E-state index is 3.63. The highest BCUT2D eigenvalue weighted by atomic mass is 79.9. The maximum absolute atomic E-state index is 3.63. The molecule has 1 fully saturated rings. The molecule has 0 bridgehead atoms. The minimum atomic E-state index is 0.801. The Bertz CT molecular complexity index is 368. The SMILES string of the molecule is CC1CN(c2ccc(CBr)c(Br)c2)CC1C. The van der Waals surface area contributed by atoms with Gasteiger partial charge in [0.1, 0.15) is 0 Å². The minimum Gasteiger partial charge on any atom is -0.371 e. The predicted octanol–water partition coefficient (Wildman–Crippen LogP) is 4.44. The Morgan fingerprint density at radius 1 is 1.25 bits per heavy atom. The third kappa shape index (κ3) is 2.45. The smallest absolute Gasteiger partial charge is 0.0377 e. The van der Waals surface area contributed by atoms with Crippen molar-refractivity contribution in [2.75, 3.05) is 18.0 Å². The molecular formula is C13H17Br2N. The van der Waals surface area contributed by atoms with Crippen molar-refractivity contribution in [3.63, 3.8) is 0 Å². The molecule has 0 saturated carbocycles. The zero-order valence-electron chi connectivity index (χ0n) is 9.71. The molecule has 0 N–H and O–H groups in total. The first-order valence-corrected chi connectivity index (χ1v) is 7.62. The van der Waals surface area contributed by atoms with E-state index in [0.29, 0.717) is 0 Å². The molecule has 1 heterocycles. The van der Waals surface area contributed by atoms with E-state index in [9.17, 15) is 0 Å². The van der Waals surface area contributed by atoms with Gasteiger partial charge in [-0.05, 0) is 29.5 Å². The van der Waals surface area contributed by atoms with E-state index in [1.165, 1.54) is 28.8 Å². The second kappa shape index (κ2) is 5.09. The third-order valence-corrected chi connectivity index (χ3v) is 4.88. The van der Waals surface area contributed by atoms with Crippen LogP contribution in [0.3, 0.4) is 0 Å². The Hall–Kier alpha value is -0.0200. The number of anilines is 1. The van der Waals surface area contributed by atoms with Gasteiger partial charge in [-0.1, -0.05) is 51.8 Å². The molecule has 1 nitrogen and oxygen atoms in total. The maximum Gasteiger partial charge on any atom is 0.0377 e. The van der Waals surface area contributed by atoms with Gasteiger partial charge in [-0.3, -0.25) is 0 Å². The van der Waals surface area contributed by atoms with E-state index in [2.05, 4.69) is 68.8 Å². The Morgan fingerprint density at radius 3 is 2.38 bits per heavy atom. The van der Waals surface area contributed by atoms with Gasteiger partial charge in [-0.25, -0.2) is 0 Å². The molecular weight excluding hydrogens is 330 g/mol. The Labute approximate surface area is 114 Å². The molecule has 0 aliphatic carbocycles. The molecule has 2 rings (SSSR count). The molecule has 1 aliphatic rings. The average molecular weight is 347 g/mol. The fourth-order valence-electron chi connectivity index (χ4n) is 2.18. The average Bonchev–Trinajstić information content (AvgIpc) is 2.59. The Balaban J connectivity index is 2.19. The second-order valence-corrected chi connectivity index (χ2v) is 6.18. The highest BCUT2D eigenvalue weighted by Gasteiger charge is 2.26. The summed E-state index contributed by atoms with van der Waals surface area (Å²) in [6.07, 6.45) is 0. The molecule has 3 heteroatoms. The Kier molecular flexibility index (Phi) is 3.96. The van der Waals surface area contributed by atoms with Crippen LogP contribution < -0.4 is 4.90 Å². The lowest BCUT2D eigenvalue weighted by Gasteiger charge is -2.19. The van der Waals surface area contributed by atoms with E-state index in [0.717, 1.165) is 17.2 Å². The van der Waals surface area contributed by atoms with Gasteiger partial charge in [-0.2, -0.15) is 0 Å². The van der Waals surface area contributed by atoms with Crippen molar-refractivity contribution >= 4 is 37.5 Å². The number of halogens is 2. The summed E-state index contributed by atoms with van der Waals surface area (Å²) in [5, 5.41) is 0.903. The van der Waals surface area contributed by atoms with Crippen molar-refractivity contribution in [2.45, 2.75) is 19.2 Å². The normalized spacial score (nSPS) is 25.1. The van der Waals surface area contributed by atoms with Crippen LogP contribution >= 0.6 is 31.9 Å². The zero-order chi connectivity index (χ0) is 11.7. The molecule has 0 radical (unpaired) electrons. The van der Waals surface area contributed by atoms with Gasteiger partial charge in [0.25, 0.3) is 0 Å². The van der Waals surface area contributed by atoms with E-state index in [1.54, 1.807) is 0 Å². The molecule has 0 amide bonds. The highest BCUT2D eigenvalue weighted by Crippen LogP contribution is 2.31. The van der Waals surface area contributed by atoms with Crippen molar-refractivity contribution in [1.82, 2.24) is 0 Å². The summed E-state index contributed by atoms with van der Waals surface area (Å²) in [5.41, 5.74) is 2.65. The summed E-state index contributed by atoms with van der Waals surface area (Å²) < 4.78 is 1.20. The van der Waals surface area contributed by atoms with Gasteiger partial charge < -0.3 is 4.90 Å². The summed E-state index contributed by atoms with van der Waals surface area (Å²) in [5.74, 6) is 1.60. The monoisotopic (exact) mass is 345 g/mol. The van der Waals surface area contributed by atoms with Gasteiger partial charge in [0.15, 0.2) is 0 Å². The number of hydrogen-bond acceptors (Lipinski definition) is 1. The van der Waals surface area contributed by atoms with Crippen LogP contribution in [0.5, 0.6) is 0 Å². The summed E-state index contributed by atoms with van der Waals surface area (Å²) in [4.78, 5) is 2.48. The van der Waals surface area contributed by atoms with Crippen molar-refractivity contribution in [3.8, 4) is 0 Å². The molecule has 1 aromatic carbocycles. The lowest BCUT2D eigenvalue weighted by molar-refractivity contribution is 0.494. The van der Waals surface area contributed by atoms with Crippen molar-refractivity contribution in [2.24, 2.45) is 11.8 Å². The van der Waals surface area contributed by atoms with Crippen molar-refractivity contribution < 1.29 is 0 Å². The summed E-state index contributed by atoms with van der Waals surface area (Å²) >= 11 is 7.12. The lowest BCUT2D eigenvalue weighted by atomic mass is 10.0. The number of rotatable bonds is 2. The molecule has 1 aliphatic heterocycles. The first-order valence-electron chi connectivity index (χ1n) is 5.71. The fraction of sp³-hybridized carbons (Fsp3) is 0.538. The van der Waals surface area contributed by atoms with Crippen LogP contribution in [0.4, 0.5) is 5.69 Å². The first-order chi connectivity index (χ1) is 7.61. The van der Waals surface area contributed by atoms with Crippen LogP contribution in [0.2, 0.25) is 0 Å². The van der Waals surface area contributed by atoms with Gasteiger partial charge in [-0.15, -0.1) is 0 Å². The van der Waals surface area contributed by atoms with Gasteiger partial charge in [0.2, 0.25) is 0 Å². The standard InChI is InChI=1S/C13H17Br2N/c1-9-7-16(8-10(9)2)12-4-3-11(6-14)13(15)5-12/h3-5,9-10H,6-8H2,1-2H3. The number of hydrogen-bond donors (Lipinski definition) is 0. The van der Waals surface area contributed by atoms with Gasteiger partial charge in [0, 0.05) is 28.6 Å². The quantitative estimate of drug-likeness (QED) is 0.716. The van der Waals surface area contributed by atoms with Crippen LogP contribution in [-0.2, 0) is 5.33 Å². The van der Waals surface area contributed by atoms with E-state index in [1.807, 2.05) is 0 Å². The predicted molar refractivity (Wildman–Crippen MR) is 77.3 cm³/mol. The number of nitrogens with zero attached hydrogens (tertiary/aromatic N) is 1. The molecule has 0 spiro atoms. The van der Waals surface area contributed by atoms with Crippen LogP contribution in [0.25, 0.3) is 0 Å². The van der Waals surface area contributed by atoms with Crippen LogP contribution in [0.1, 0.15) is 19.4 Å². The number of benzene rings is 1. The Morgan fingerprint density at radius 2 is 1.88 bits per heavy atom. The van der Waals surface area contributed by atoms with E-state index < -0.39 is 0 Å². The largest absolute Gasteiger partial charge is 0.371 e. The summed E-state index contributed by atoms with van der Waals surface area (Å²) in [6.45, 7) is 7.04. The number of alkyl halides is 1. The van der Waals surface area contributed by atoms with Crippen molar-refractivity contribution in [3.05, 3.63) is 28.2 Å². The molecule has 88 valence electrons. The molecule has 1 saturated heterocycles. The van der Waals surface area contributed by atoms with Crippen LogP contribution in [-0.4, -0.2) is 13.1 Å². The van der Waals surface area contributed by atoms with E-state index in [-0.39, 0.29) is 0 Å². The minimum absolute atomic E-state index is 0.801. The first kappa shape index (κ1) is 12.4. The molecule has 1 aromatic rings.